The third kappa shape index (κ3) is 3.50. The molecule has 7 heteroatoms. The van der Waals surface area contributed by atoms with Gasteiger partial charge in [0.2, 0.25) is 0 Å². The topological polar surface area (TPSA) is 79.9 Å². The molecule has 0 atom stereocenters. The highest BCUT2D eigenvalue weighted by atomic mass is 16.7. The second kappa shape index (κ2) is 7.60. The first kappa shape index (κ1) is 18.9. The number of fused-ring (bicyclic) bond motifs is 2. The van der Waals surface area contributed by atoms with Crippen molar-refractivity contribution in [3.63, 3.8) is 0 Å². The molecule has 1 aromatic heterocycles. The molecular weight excluding hydrogens is 392 g/mol. The number of amides is 1. The summed E-state index contributed by atoms with van der Waals surface area (Å²) >= 11 is 0. The summed E-state index contributed by atoms with van der Waals surface area (Å²) in [6.45, 7) is 2.91. The molecule has 0 saturated heterocycles. The molecule has 3 heterocycles. The molecule has 7 nitrogen and oxygen atoms in total. The zero-order valence-electron chi connectivity index (χ0n) is 16.9. The van der Waals surface area contributed by atoms with Crippen molar-refractivity contribution in [2.45, 2.75) is 13.5 Å². The Morgan fingerprint density at radius 2 is 1.90 bits per heavy atom. The van der Waals surface area contributed by atoms with Crippen molar-refractivity contribution in [2.75, 3.05) is 6.61 Å². The minimum atomic E-state index is -0.449. The number of rotatable bonds is 5. The van der Waals surface area contributed by atoms with Crippen LogP contribution >= 0.6 is 0 Å². The number of nitrogens with zero attached hydrogens (tertiary/aromatic N) is 3. The second-order valence-corrected chi connectivity index (χ2v) is 7.28. The van der Waals surface area contributed by atoms with Gasteiger partial charge in [-0.1, -0.05) is 36.4 Å². The van der Waals surface area contributed by atoms with Gasteiger partial charge in [0.25, 0.3) is 5.91 Å². The molecular formula is C24H20N4O3. The van der Waals surface area contributed by atoms with E-state index in [1.165, 1.54) is 5.06 Å². The summed E-state index contributed by atoms with van der Waals surface area (Å²) in [5, 5.41) is 10.7. The van der Waals surface area contributed by atoms with Crippen LogP contribution in [0.4, 0.5) is 0 Å². The number of carbonyl (C=O) groups is 1. The molecule has 0 aliphatic carbocycles. The van der Waals surface area contributed by atoms with Crippen LogP contribution < -0.4 is 4.74 Å². The van der Waals surface area contributed by atoms with Gasteiger partial charge < -0.3 is 14.1 Å². The van der Waals surface area contributed by atoms with Gasteiger partial charge in [-0.2, -0.15) is 4.99 Å². The lowest BCUT2D eigenvalue weighted by Gasteiger charge is -2.22. The van der Waals surface area contributed by atoms with Crippen molar-refractivity contribution in [3.8, 4) is 5.75 Å². The molecule has 154 valence electrons. The lowest BCUT2D eigenvalue weighted by molar-refractivity contribution is -0.114. The third-order valence-electron chi connectivity index (χ3n) is 5.14. The van der Waals surface area contributed by atoms with Gasteiger partial charge in [-0.15, -0.1) is 5.06 Å². The number of para-hydroxylation sites is 2. The Balaban J connectivity index is 1.44. The fourth-order valence-corrected chi connectivity index (χ4v) is 3.71. The molecule has 2 aliphatic rings. The lowest BCUT2D eigenvalue weighted by Crippen LogP contribution is -2.38. The average molecular weight is 412 g/mol. The molecule has 31 heavy (non-hydrogen) atoms. The Morgan fingerprint density at radius 1 is 1.13 bits per heavy atom. The fourth-order valence-electron chi connectivity index (χ4n) is 3.71. The van der Waals surface area contributed by atoms with Crippen LogP contribution in [0.5, 0.6) is 5.75 Å². The molecule has 0 spiro atoms. The standard InChI is InChI=1S/C24H20N4O3/c1-16-13-22-26-24(29)20(23(25)28(22)31-16)14-17-15-27(21-10-6-5-9-19(17)21)11-12-30-18-7-3-2-4-8-18/h2-10,13-15,25H,11-12H2,1H3/b20-14+,25-23?. The summed E-state index contributed by atoms with van der Waals surface area (Å²) in [6, 6.07) is 17.6. The van der Waals surface area contributed by atoms with Gasteiger partial charge in [0.15, 0.2) is 11.7 Å². The van der Waals surface area contributed by atoms with Crippen LogP contribution in [-0.4, -0.2) is 33.8 Å². The van der Waals surface area contributed by atoms with Crippen LogP contribution in [0.1, 0.15) is 12.5 Å². The van der Waals surface area contributed by atoms with Gasteiger partial charge >= 0.3 is 0 Å². The molecule has 5 rings (SSSR count). The predicted octanol–water partition coefficient (Wildman–Crippen LogP) is 4.17. The SMILES string of the molecule is CC1=CC2=NC(=O)/C(=C/c3cn(CCOc4ccccc4)c4ccccc34)C(=N)N2O1. The number of carbonyl (C=O) groups excluding carboxylic acids is 1. The predicted molar refractivity (Wildman–Crippen MR) is 119 cm³/mol. The first-order valence-corrected chi connectivity index (χ1v) is 9.96. The molecule has 0 saturated carbocycles. The van der Waals surface area contributed by atoms with Gasteiger partial charge in [-0.3, -0.25) is 10.2 Å². The molecule has 1 N–H and O–H groups in total. The number of amidine groups is 2. The zero-order valence-corrected chi connectivity index (χ0v) is 16.9. The Kier molecular flexibility index (Phi) is 4.63. The normalized spacial score (nSPS) is 16.9. The molecule has 0 bridgehead atoms. The largest absolute Gasteiger partial charge is 0.492 e. The fraction of sp³-hybridized carbons (Fsp3) is 0.125. The van der Waals surface area contributed by atoms with E-state index in [1.807, 2.05) is 60.8 Å². The number of aromatic nitrogens is 1. The number of nitrogens with one attached hydrogen (secondary N) is 1. The van der Waals surface area contributed by atoms with E-state index in [4.69, 9.17) is 15.0 Å². The summed E-state index contributed by atoms with van der Waals surface area (Å²) < 4.78 is 7.93. The Bertz CT molecular complexity index is 1280. The molecule has 0 unspecified atom stereocenters. The van der Waals surface area contributed by atoms with Crippen molar-refractivity contribution in [2.24, 2.45) is 4.99 Å². The van der Waals surface area contributed by atoms with Crippen molar-refractivity contribution in [1.82, 2.24) is 9.63 Å². The van der Waals surface area contributed by atoms with Crippen LogP contribution in [0.25, 0.3) is 17.0 Å². The molecule has 2 aromatic carbocycles. The number of hydrogen-bond acceptors (Lipinski definition) is 4. The van der Waals surface area contributed by atoms with Crippen LogP contribution in [0.15, 0.2) is 83.2 Å². The minimum Gasteiger partial charge on any atom is -0.492 e. The Morgan fingerprint density at radius 3 is 2.74 bits per heavy atom. The van der Waals surface area contributed by atoms with E-state index in [0.717, 1.165) is 22.2 Å². The summed E-state index contributed by atoms with van der Waals surface area (Å²) in [6.07, 6.45) is 5.32. The van der Waals surface area contributed by atoms with Crippen molar-refractivity contribution >= 4 is 34.6 Å². The van der Waals surface area contributed by atoms with E-state index in [0.29, 0.717) is 24.7 Å². The maximum atomic E-state index is 12.6. The van der Waals surface area contributed by atoms with Crippen molar-refractivity contribution in [1.29, 1.82) is 5.41 Å². The van der Waals surface area contributed by atoms with Crippen LogP contribution in [0.2, 0.25) is 0 Å². The average Bonchev–Trinajstić information content (AvgIpc) is 3.32. The highest BCUT2D eigenvalue weighted by molar-refractivity contribution is 6.32. The van der Waals surface area contributed by atoms with Gasteiger partial charge in [0.1, 0.15) is 18.1 Å². The number of aliphatic imine (C=N–C) groups is 1. The summed E-state index contributed by atoms with van der Waals surface area (Å²) in [5.74, 6) is 1.28. The molecule has 2 aliphatic heterocycles. The quantitative estimate of drug-likeness (QED) is 0.638. The van der Waals surface area contributed by atoms with Crippen LogP contribution in [0, 0.1) is 5.41 Å². The highest BCUT2D eigenvalue weighted by Crippen LogP contribution is 2.27. The van der Waals surface area contributed by atoms with Gasteiger partial charge in [0.05, 0.1) is 12.1 Å². The Hall–Kier alpha value is -4.13. The maximum absolute atomic E-state index is 12.6. The van der Waals surface area contributed by atoms with E-state index in [1.54, 1.807) is 19.1 Å². The van der Waals surface area contributed by atoms with E-state index in [9.17, 15) is 4.79 Å². The number of hydroxylamine groups is 2. The molecule has 1 amide bonds. The highest BCUT2D eigenvalue weighted by Gasteiger charge is 2.34. The number of ether oxygens (including phenoxy) is 1. The minimum absolute atomic E-state index is 0.0210. The number of hydrogen-bond donors (Lipinski definition) is 1. The zero-order chi connectivity index (χ0) is 21.4. The summed E-state index contributed by atoms with van der Waals surface area (Å²) in [4.78, 5) is 22.2. The van der Waals surface area contributed by atoms with Crippen molar-refractivity contribution < 1.29 is 14.4 Å². The summed E-state index contributed by atoms with van der Waals surface area (Å²) in [5.41, 5.74) is 2.06. The second-order valence-electron chi connectivity index (χ2n) is 7.28. The monoisotopic (exact) mass is 412 g/mol. The van der Waals surface area contributed by atoms with E-state index < -0.39 is 5.91 Å². The maximum Gasteiger partial charge on any atom is 0.282 e. The molecule has 0 radical (unpaired) electrons. The van der Waals surface area contributed by atoms with Gasteiger partial charge in [0, 0.05) is 28.7 Å². The third-order valence-corrected chi connectivity index (χ3v) is 5.14. The first-order chi connectivity index (χ1) is 15.1. The first-order valence-electron chi connectivity index (χ1n) is 9.96. The smallest absolute Gasteiger partial charge is 0.282 e. The lowest BCUT2D eigenvalue weighted by atomic mass is 10.1. The number of allylic oxidation sites excluding steroid dienone is 1. The number of benzene rings is 2. The van der Waals surface area contributed by atoms with Crippen LogP contribution in [0.3, 0.4) is 0 Å². The molecule has 0 fully saturated rings. The summed E-state index contributed by atoms with van der Waals surface area (Å²) in [7, 11) is 0. The van der Waals surface area contributed by atoms with E-state index in [-0.39, 0.29) is 11.4 Å². The van der Waals surface area contributed by atoms with E-state index >= 15 is 0 Å². The Labute approximate surface area is 179 Å². The van der Waals surface area contributed by atoms with E-state index in [2.05, 4.69) is 9.56 Å². The van der Waals surface area contributed by atoms with Gasteiger partial charge in [-0.05, 0) is 31.2 Å². The molecule has 3 aromatic rings. The van der Waals surface area contributed by atoms with Gasteiger partial charge in [-0.25, -0.2) is 0 Å². The van der Waals surface area contributed by atoms with Crippen LogP contribution in [-0.2, 0) is 16.2 Å². The van der Waals surface area contributed by atoms with Crippen molar-refractivity contribution in [3.05, 3.63) is 83.8 Å².